The highest BCUT2D eigenvalue weighted by molar-refractivity contribution is 6.00. The van der Waals surface area contributed by atoms with Gasteiger partial charge >= 0.3 is 0 Å². The van der Waals surface area contributed by atoms with E-state index in [9.17, 15) is 14.4 Å². The molecule has 1 spiro atoms. The van der Waals surface area contributed by atoms with Gasteiger partial charge in [0.25, 0.3) is 0 Å². The van der Waals surface area contributed by atoms with Gasteiger partial charge in [0.05, 0.1) is 12.0 Å². The molecule has 1 saturated heterocycles. The lowest BCUT2D eigenvalue weighted by Crippen LogP contribution is -2.49. The van der Waals surface area contributed by atoms with E-state index in [4.69, 9.17) is 4.74 Å². The Balaban J connectivity index is 1.57. The summed E-state index contributed by atoms with van der Waals surface area (Å²) >= 11 is 0. The molecule has 170 valence electrons. The summed E-state index contributed by atoms with van der Waals surface area (Å²) in [5.74, 6) is 0.466. The van der Waals surface area contributed by atoms with Crippen LogP contribution >= 0.6 is 0 Å². The molecule has 31 heavy (non-hydrogen) atoms. The Hall–Kier alpha value is -2.41. The van der Waals surface area contributed by atoms with Crippen LogP contribution in [0.1, 0.15) is 63.2 Å². The predicted octanol–water partition coefficient (Wildman–Crippen LogP) is 2.64. The number of carbonyl (C=O) groups is 3. The van der Waals surface area contributed by atoms with E-state index in [-0.39, 0.29) is 30.4 Å². The molecule has 0 saturated carbocycles. The van der Waals surface area contributed by atoms with Crippen LogP contribution in [0.3, 0.4) is 0 Å². The van der Waals surface area contributed by atoms with Gasteiger partial charge in [-0.05, 0) is 51.5 Å². The van der Waals surface area contributed by atoms with Crippen molar-refractivity contribution in [3.05, 3.63) is 29.8 Å². The maximum absolute atomic E-state index is 12.8. The zero-order valence-corrected chi connectivity index (χ0v) is 19.0. The highest BCUT2D eigenvalue weighted by Crippen LogP contribution is 2.39. The number of benzene rings is 1. The number of nitrogens with one attached hydrogen (secondary N) is 1. The summed E-state index contributed by atoms with van der Waals surface area (Å²) in [4.78, 5) is 42.1. The van der Waals surface area contributed by atoms with Crippen LogP contribution in [0.25, 0.3) is 0 Å². The largest absolute Gasteiger partial charge is 0.486 e. The molecule has 2 aliphatic heterocycles. The molecule has 2 heterocycles. The fourth-order valence-electron chi connectivity index (χ4n) is 4.53. The normalized spacial score (nSPS) is 22.1. The van der Waals surface area contributed by atoms with Crippen molar-refractivity contribution >= 4 is 17.6 Å². The Labute approximate surface area is 185 Å². The first kappa shape index (κ1) is 23.3. The molecule has 1 aromatic rings. The van der Waals surface area contributed by atoms with Crippen LogP contribution in [-0.2, 0) is 9.59 Å². The van der Waals surface area contributed by atoms with Crippen molar-refractivity contribution in [3.8, 4) is 5.75 Å². The minimum atomic E-state index is -0.671. The summed E-state index contributed by atoms with van der Waals surface area (Å²) in [6.07, 6.45) is 2.46. The molecule has 1 N–H and O–H groups in total. The van der Waals surface area contributed by atoms with Gasteiger partial charge in [-0.2, -0.15) is 0 Å². The summed E-state index contributed by atoms with van der Waals surface area (Å²) in [5.41, 5.74) is -0.0616. The lowest BCUT2D eigenvalue weighted by atomic mass is 9.84. The molecule has 3 rings (SSSR count). The molecular weight excluding hydrogens is 394 g/mol. The van der Waals surface area contributed by atoms with Crippen LogP contribution in [-0.4, -0.2) is 71.8 Å². The zero-order chi connectivity index (χ0) is 22.4. The molecule has 2 aliphatic rings. The highest BCUT2D eigenvalue weighted by Gasteiger charge is 2.44. The van der Waals surface area contributed by atoms with Crippen LogP contribution < -0.4 is 10.1 Å². The Morgan fingerprint density at radius 2 is 1.97 bits per heavy atom. The SMILES string of the molecule is CCN(CC)CCCNC(=O)[C@@H](C)N1CC[C@@]2(CCC1=O)CC(=O)c1ccccc1O2. The standard InChI is InChI=1S/C24H35N3O4/c1-4-26(5-2)15-8-14-25-23(30)18(3)27-16-13-24(12-11-22(27)29)17-20(28)19-9-6-7-10-21(19)31-24/h6-7,9-10,18H,4-5,8,11-17H2,1-3H3,(H,25,30)/t18-,24+/m1/s1. The molecule has 0 aromatic heterocycles. The third-order valence-electron chi connectivity index (χ3n) is 6.61. The minimum Gasteiger partial charge on any atom is -0.486 e. The molecule has 2 amide bonds. The minimum absolute atomic E-state index is 0.0572. The van der Waals surface area contributed by atoms with E-state index < -0.39 is 11.6 Å². The summed E-state index contributed by atoms with van der Waals surface area (Å²) in [6, 6.07) is 6.74. The Bertz CT molecular complexity index is 808. The van der Waals surface area contributed by atoms with E-state index in [0.29, 0.717) is 37.2 Å². The van der Waals surface area contributed by atoms with Gasteiger partial charge in [-0.15, -0.1) is 0 Å². The monoisotopic (exact) mass is 429 g/mol. The zero-order valence-electron chi connectivity index (χ0n) is 19.0. The number of likely N-dealkylation sites (tertiary alicyclic amines) is 1. The summed E-state index contributed by atoms with van der Waals surface area (Å²) in [5, 5.41) is 2.97. The van der Waals surface area contributed by atoms with Crippen molar-refractivity contribution in [1.29, 1.82) is 0 Å². The molecular formula is C24H35N3O4. The summed E-state index contributed by atoms with van der Waals surface area (Å²) in [7, 11) is 0. The van der Waals surface area contributed by atoms with Gasteiger partial charge in [0.2, 0.25) is 11.8 Å². The van der Waals surface area contributed by atoms with E-state index in [0.717, 1.165) is 26.1 Å². The first-order chi connectivity index (χ1) is 14.9. The van der Waals surface area contributed by atoms with Gasteiger partial charge in [0, 0.05) is 25.9 Å². The lowest BCUT2D eigenvalue weighted by Gasteiger charge is -2.37. The van der Waals surface area contributed by atoms with Gasteiger partial charge in [0.1, 0.15) is 17.4 Å². The first-order valence-corrected chi connectivity index (χ1v) is 11.5. The van der Waals surface area contributed by atoms with Crippen molar-refractivity contribution < 1.29 is 19.1 Å². The average Bonchev–Trinajstić information content (AvgIpc) is 2.92. The van der Waals surface area contributed by atoms with Crippen LogP contribution in [0.15, 0.2) is 24.3 Å². The Morgan fingerprint density at radius 1 is 1.23 bits per heavy atom. The number of hydrogen-bond acceptors (Lipinski definition) is 5. The van der Waals surface area contributed by atoms with Gasteiger partial charge < -0.3 is 19.9 Å². The third-order valence-corrected chi connectivity index (χ3v) is 6.61. The quantitative estimate of drug-likeness (QED) is 0.643. The molecule has 1 fully saturated rings. The fourth-order valence-corrected chi connectivity index (χ4v) is 4.53. The molecule has 0 aliphatic carbocycles. The maximum atomic E-state index is 12.8. The second kappa shape index (κ2) is 10.3. The number of ketones is 1. The Morgan fingerprint density at radius 3 is 2.71 bits per heavy atom. The number of hydrogen-bond donors (Lipinski definition) is 1. The molecule has 2 atom stereocenters. The van der Waals surface area contributed by atoms with Gasteiger partial charge in [0.15, 0.2) is 5.78 Å². The molecule has 0 radical (unpaired) electrons. The number of carbonyl (C=O) groups excluding carboxylic acids is 3. The predicted molar refractivity (Wildman–Crippen MR) is 119 cm³/mol. The number of amides is 2. The number of Topliss-reactive ketones (excluding diaryl/α,β-unsaturated/α-hetero) is 1. The van der Waals surface area contributed by atoms with E-state index in [2.05, 4.69) is 24.1 Å². The highest BCUT2D eigenvalue weighted by atomic mass is 16.5. The van der Waals surface area contributed by atoms with E-state index >= 15 is 0 Å². The van der Waals surface area contributed by atoms with Gasteiger partial charge in [-0.1, -0.05) is 26.0 Å². The second-order valence-electron chi connectivity index (χ2n) is 8.57. The number of ether oxygens (including phenoxy) is 1. The number of rotatable bonds is 8. The molecule has 0 bridgehead atoms. The van der Waals surface area contributed by atoms with Crippen LogP contribution in [0, 0.1) is 0 Å². The van der Waals surface area contributed by atoms with E-state index in [1.54, 1.807) is 17.9 Å². The van der Waals surface area contributed by atoms with Crippen molar-refractivity contribution in [3.63, 3.8) is 0 Å². The van der Waals surface area contributed by atoms with Crippen molar-refractivity contribution in [1.82, 2.24) is 15.1 Å². The van der Waals surface area contributed by atoms with E-state index in [1.165, 1.54) is 0 Å². The number of para-hydroxylation sites is 1. The number of fused-ring (bicyclic) bond motifs is 1. The average molecular weight is 430 g/mol. The topological polar surface area (TPSA) is 79.0 Å². The van der Waals surface area contributed by atoms with Crippen LogP contribution in [0.5, 0.6) is 5.75 Å². The molecule has 7 heteroatoms. The first-order valence-electron chi connectivity index (χ1n) is 11.5. The molecule has 7 nitrogen and oxygen atoms in total. The van der Waals surface area contributed by atoms with Crippen molar-refractivity contribution in [2.24, 2.45) is 0 Å². The van der Waals surface area contributed by atoms with Gasteiger partial charge in [-0.25, -0.2) is 0 Å². The van der Waals surface area contributed by atoms with E-state index in [1.807, 2.05) is 18.2 Å². The number of nitrogens with zero attached hydrogens (tertiary/aromatic N) is 2. The summed E-state index contributed by atoms with van der Waals surface area (Å²) < 4.78 is 6.27. The Kier molecular flexibility index (Phi) is 7.70. The maximum Gasteiger partial charge on any atom is 0.242 e. The van der Waals surface area contributed by atoms with Crippen LogP contribution in [0.4, 0.5) is 0 Å². The van der Waals surface area contributed by atoms with Crippen molar-refractivity contribution in [2.75, 3.05) is 32.7 Å². The lowest BCUT2D eigenvalue weighted by molar-refractivity contribution is -0.139. The van der Waals surface area contributed by atoms with Gasteiger partial charge in [-0.3, -0.25) is 14.4 Å². The third kappa shape index (κ3) is 5.45. The smallest absolute Gasteiger partial charge is 0.242 e. The molecule has 0 unspecified atom stereocenters. The van der Waals surface area contributed by atoms with Crippen molar-refractivity contribution in [2.45, 2.75) is 64.5 Å². The summed E-state index contributed by atoms with van der Waals surface area (Å²) in [6.45, 7) is 9.98. The van der Waals surface area contributed by atoms with Crippen LogP contribution in [0.2, 0.25) is 0 Å². The molecule has 1 aromatic carbocycles. The second-order valence-corrected chi connectivity index (χ2v) is 8.57. The fraction of sp³-hybridized carbons (Fsp3) is 0.625.